The highest BCUT2D eigenvalue weighted by Crippen LogP contribution is 2.15. The van der Waals surface area contributed by atoms with Crippen LogP contribution >= 0.6 is 0 Å². The molecule has 4 heteroatoms. The van der Waals surface area contributed by atoms with Crippen LogP contribution in [-0.2, 0) is 6.61 Å². The third-order valence-corrected chi connectivity index (χ3v) is 4.04. The molecule has 0 bridgehead atoms. The number of benzene rings is 2. The highest BCUT2D eigenvalue weighted by Gasteiger charge is 2.08. The lowest BCUT2D eigenvalue weighted by Crippen LogP contribution is -2.25. The Balaban J connectivity index is 1.85. The maximum absolute atomic E-state index is 12.9. The van der Waals surface area contributed by atoms with Gasteiger partial charge < -0.3 is 9.64 Å². The van der Waals surface area contributed by atoms with Crippen LogP contribution in [0.3, 0.4) is 0 Å². The van der Waals surface area contributed by atoms with Gasteiger partial charge in [0, 0.05) is 18.5 Å². The van der Waals surface area contributed by atoms with Crippen LogP contribution in [0, 0.1) is 5.82 Å². The van der Waals surface area contributed by atoms with E-state index in [9.17, 15) is 9.18 Å². The average molecular weight is 329 g/mol. The Kier molecular flexibility index (Phi) is 6.94. The SMILES string of the molecule is CCN(CC)CCC(=O)c1ccc(OCc2ccc(F)cc2)cc1. The lowest BCUT2D eigenvalue weighted by molar-refractivity contribution is 0.0966. The van der Waals surface area contributed by atoms with Gasteiger partial charge in [-0.1, -0.05) is 26.0 Å². The van der Waals surface area contributed by atoms with Crippen molar-refractivity contribution in [2.75, 3.05) is 19.6 Å². The van der Waals surface area contributed by atoms with Crippen LogP contribution in [0.1, 0.15) is 36.2 Å². The molecule has 3 nitrogen and oxygen atoms in total. The van der Waals surface area contributed by atoms with Crippen LogP contribution in [0.5, 0.6) is 5.75 Å². The van der Waals surface area contributed by atoms with Crippen molar-refractivity contribution in [2.24, 2.45) is 0 Å². The van der Waals surface area contributed by atoms with Gasteiger partial charge in [-0.3, -0.25) is 4.79 Å². The number of rotatable bonds is 9. The van der Waals surface area contributed by atoms with Crippen molar-refractivity contribution >= 4 is 5.78 Å². The smallest absolute Gasteiger partial charge is 0.164 e. The number of nitrogens with zero attached hydrogens (tertiary/aromatic N) is 1. The molecule has 2 aromatic rings. The number of ketones is 1. The number of hydrogen-bond acceptors (Lipinski definition) is 3. The molecule has 0 heterocycles. The highest BCUT2D eigenvalue weighted by molar-refractivity contribution is 5.96. The Hall–Kier alpha value is -2.20. The van der Waals surface area contributed by atoms with Gasteiger partial charge in [0.2, 0.25) is 0 Å². The Morgan fingerprint density at radius 2 is 1.62 bits per heavy atom. The van der Waals surface area contributed by atoms with Crippen molar-refractivity contribution in [2.45, 2.75) is 26.9 Å². The third kappa shape index (κ3) is 5.46. The number of Topliss-reactive ketones (excluding diaryl/α,β-unsaturated/α-hetero) is 1. The average Bonchev–Trinajstić information content (AvgIpc) is 2.62. The van der Waals surface area contributed by atoms with Crippen molar-refractivity contribution < 1.29 is 13.9 Å². The van der Waals surface area contributed by atoms with Gasteiger partial charge in [-0.2, -0.15) is 0 Å². The van der Waals surface area contributed by atoms with Crippen molar-refractivity contribution in [1.29, 1.82) is 0 Å². The van der Waals surface area contributed by atoms with Crippen LogP contribution in [-0.4, -0.2) is 30.3 Å². The zero-order chi connectivity index (χ0) is 17.4. The maximum Gasteiger partial charge on any atom is 0.164 e. The van der Waals surface area contributed by atoms with Gasteiger partial charge in [-0.25, -0.2) is 4.39 Å². The molecule has 0 fully saturated rings. The van der Waals surface area contributed by atoms with Crippen molar-refractivity contribution in [3.63, 3.8) is 0 Å². The first-order chi connectivity index (χ1) is 11.6. The van der Waals surface area contributed by atoms with Crippen molar-refractivity contribution in [1.82, 2.24) is 4.90 Å². The molecule has 2 rings (SSSR count). The van der Waals surface area contributed by atoms with Crippen LogP contribution in [0.4, 0.5) is 4.39 Å². The summed E-state index contributed by atoms with van der Waals surface area (Å²) in [5, 5.41) is 0. The van der Waals surface area contributed by atoms with Crippen molar-refractivity contribution in [3.8, 4) is 5.75 Å². The van der Waals surface area contributed by atoms with E-state index in [1.165, 1.54) is 12.1 Å². The molecular formula is C20H24FNO2. The summed E-state index contributed by atoms with van der Waals surface area (Å²) >= 11 is 0. The van der Waals surface area contributed by atoms with Gasteiger partial charge in [-0.15, -0.1) is 0 Å². The largest absolute Gasteiger partial charge is 0.489 e. The molecule has 2 aromatic carbocycles. The van der Waals surface area contributed by atoms with Gasteiger partial charge in [0.05, 0.1) is 0 Å². The molecule has 0 aliphatic rings. The minimum atomic E-state index is -0.258. The summed E-state index contributed by atoms with van der Waals surface area (Å²) in [5.74, 6) is 0.581. The Bertz CT molecular complexity index is 634. The molecule has 0 atom stereocenters. The minimum Gasteiger partial charge on any atom is -0.489 e. The number of halogens is 1. The van der Waals surface area contributed by atoms with E-state index in [0.29, 0.717) is 24.3 Å². The summed E-state index contributed by atoms with van der Waals surface area (Å²) in [6.07, 6.45) is 0.525. The van der Waals surface area contributed by atoms with Gasteiger partial charge in [0.15, 0.2) is 5.78 Å². The fourth-order valence-corrected chi connectivity index (χ4v) is 2.43. The van der Waals surface area contributed by atoms with Crippen molar-refractivity contribution in [3.05, 3.63) is 65.5 Å². The maximum atomic E-state index is 12.9. The quantitative estimate of drug-likeness (QED) is 0.642. The summed E-state index contributed by atoms with van der Waals surface area (Å²) in [4.78, 5) is 14.4. The zero-order valence-electron chi connectivity index (χ0n) is 14.3. The summed E-state index contributed by atoms with van der Waals surface area (Å²) in [6, 6.07) is 13.4. The second-order valence-corrected chi connectivity index (χ2v) is 5.64. The monoisotopic (exact) mass is 329 g/mol. The van der Waals surface area contributed by atoms with Crippen LogP contribution in [0.2, 0.25) is 0 Å². The van der Waals surface area contributed by atoms with E-state index >= 15 is 0 Å². The normalized spacial score (nSPS) is 10.8. The molecule has 24 heavy (non-hydrogen) atoms. The molecule has 128 valence electrons. The highest BCUT2D eigenvalue weighted by atomic mass is 19.1. The molecular weight excluding hydrogens is 305 g/mol. The number of ether oxygens (including phenoxy) is 1. The predicted octanol–water partition coefficient (Wildman–Crippen LogP) is 4.32. The number of hydrogen-bond donors (Lipinski definition) is 0. The lowest BCUT2D eigenvalue weighted by Gasteiger charge is -2.17. The molecule has 0 amide bonds. The summed E-state index contributed by atoms with van der Waals surface area (Å²) < 4.78 is 18.5. The molecule has 0 aliphatic carbocycles. The predicted molar refractivity (Wildman–Crippen MR) is 93.9 cm³/mol. The first-order valence-corrected chi connectivity index (χ1v) is 8.35. The van der Waals surface area contributed by atoms with Crippen LogP contribution < -0.4 is 4.74 Å². The fraction of sp³-hybridized carbons (Fsp3) is 0.350. The van der Waals surface area contributed by atoms with Crippen LogP contribution in [0.25, 0.3) is 0 Å². The van der Waals surface area contributed by atoms with Gasteiger partial charge in [0.1, 0.15) is 18.2 Å². The molecule has 0 saturated heterocycles. The van der Waals surface area contributed by atoms with Gasteiger partial charge in [-0.05, 0) is 55.1 Å². The molecule has 0 saturated carbocycles. The Morgan fingerprint density at radius 3 is 2.21 bits per heavy atom. The minimum absolute atomic E-state index is 0.145. The molecule has 0 aromatic heterocycles. The molecule has 0 aliphatic heterocycles. The zero-order valence-corrected chi connectivity index (χ0v) is 14.3. The van der Waals surface area contributed by atoms with E-state index < -0.39 is 0 Å². The topological polar surface area (TPSA) is 29.5 Å². The van der Waals surface area contributed by atoms with E-state index in [4.69, 9.17) is 4.74 Å². The second-order valence-electron chi connectivity index (χ2n) is 5.64. The molecule has 0 unspecified atom stereocenters. The second kappa shape index (κ2) is 9.18. The third-order valence-electron chi connectivity index (χ3n) is 4.04. The Labute approximate surface area is 143 Å². The lowest BCUT2D eigenvalue weighted by atomic mass is 10.1. The number of carbonyl (C=O) groups excluding carboxylic acids is 1. The van der Waals surface area contributed by atoms with Gasteiger partial charge >= 0.3 is 0 Å². The summed E-state index contributed by atoms with van der Waals surface area (Å²) in [5.41, 5.74) is 1.60. The molecule has 0 radical (unpaired) electrons. The van der Waals surface area contributed by atoms with E-state index in [2.05, 4.69) is 18.7 Å². The van der Waals surface area contributed by atoms with E-state index in [1.54, 1.807) is 36.4 Å². The molecule has 0 N–H and O–H groups in total. The van der Waals surface area contributed by atoms with E-state index in [-0.39, 0.29) is 11.6 Å². The first-order valence-electron chi connectivity index (χ1n) is 8.35. The number of carbonyl (C=O) groups is 1. The molecule has 0 spiro atoms. The standard InChI is InChI=1S/C20H24FNO2/c1-3-22(4-2)14-13-20(23)17-7-11-19(12-8-17)24-15-16-5-9-18(21)10-6-16/h5-12H,3-4,13-15H2,1-2H3. The van der Waals surface area contributed by atoms with Gasteiger partial charge in [0.25, 0.3) is 0 Å². The van der Waals surface area contributed by atoms with E-state index in [1.807, 2.05) is 0 Å². The Morgan fingerprint density at radius 1 is 1.00 bits per heavy atom. The van der Waals surface area contributed by atoms with E-state index in [0.717, 1.165) is 25.2 Å². The first kappa shape index (κ1) is 18.1. The summed E-state index contributed by atoms with van der Waals surface area (Å²) in [7, 11) is 0. The summed E-state index contributed by atoms with van der Waals surface area (Å²) in [6.45, 7) is 7.27. The van der Waals surface area contributed by atoms with Crippen LogP contribution in [0.15, 0.2) is 48.5 Å². The fourth-order valence-electron chi connectivity index (χ4n) is 2.43.